The van der Waals surface area contributed by atoms with E-state index in [1.807, 2.05) is 0 Å². The fraction of sp³-hybridized carbons (Fsp3) is 0.333. The summed E-state index contributed by atoms with van der Waals surface area (Å²) in [5.41, 5.74) is 1.20. The molecule has 0 aromatic heterocycles. The topological polar surface area (TPSA) is 55.6 Å². The number of hydrogen-bond acceptors (Lipinski definition) is 4. The van der Waals surface area contributed by atoms with Gasteiger partial charge in [0.1, 0.15) is 5.56 Å². The number of hydrogen-bond donors (Lipinski definition) is 0. The van der Waals surface area contributed by atoms with Crippen LogP contribution in [-0.4, -0.2) is 31.2 Å². The van der Waals surface area contributed by atoms with E-state index in [4.69, 9.17) is 11.2 Å². The molecule has 0 radical (unpaired) electrons. The molecule has 1 aliphatic heterocycles. The van der Waals surface area contributed by atoms with Crippen molar-refractivity contribution in [2.75, 3.05) is 31.2 Å². The van der Waals surface area contributed by atoms with Crippen LogP contribution < -0.4 is 4.90 Å². The predicted octanol–water partition coefficient (Wildman–Crippen LogP) is 1.41. The van der Waals surface area contributed by atoms with E-state index in [1.54, 1.807) is 12.1 Å². The molecule has 17 heavy (non-hydrogen) atoms. The summed E-state index contributed by atoms with van der Waals surface area (Å²) in [5, 5.41) is 10.7. The van der Waals surface area contributed by atoms with Gasteiger partial charge in [0.2, 0.25) is 0 Å². The number of ether oxygens (including phenoxy) is 1. The maximum atomic E-state index is 10.7. The number of benzene rings is 1. The fourth-order valence-electron chi connectivity index (χ4n) is 1.82. The Morgan fingerprint density at radius 1 is 1.41 bits per heavy atom. The summed E-state index contributed by atoms with van der Waals surface area (Å²) in [6, 6.07) is 4.87. The molecule has 0 unspecified atom stereocenters. The van der Waals surface area contributed by atoms with Crippen molar-refractivity contribution in [2.24, 2.45) is 0 Å². The highest BCUT2D eigenvalue weighted by Gasteiger charge is 2.16. The number of terminal acetylenes is 1. The first-order valence-electron chi connectivity index (χ1n) is 5.30. The third-order valence-corrected chi connectivity index (χ3v) is 2.71. The minimum atomic E-state index is -0.460. The zero-order chi connectivity index (χ0) is 12.3. The van der Waals surface area contributed by atoms with Gasteiger partial charge in [-0.1, -0.05) is 5.92 Å². The molecule has 0 spiro atoms. The van der Waals surface area contributed by atoms with E-state index in [0.29, 0.717) is 18.8 Å². The van der Waals surface area contributed by atoms with Crippen molar-refractivity contribution < 1.29 is 9.66 Å². The van der Waals surface area contributed by atoms with Gasteiger partial charge in [-0.15, -0.1) is 6.42 Å². The number of nitro benzene ring substituents is 1. The fourth-order valence-corrected chi connectivity index (χ4v) is 1.82. The molecule has 1 fully saturated rings. The molecule has 0 N–H and O–H groups in total. The quantitative estimate of drug-likeness (QED) is 0.439. The van der Waals surface area contributed by atoms with Crippen molar-refractivity contribution in [1.29, 1.82) is 0 Å². The second-order valence-electron chi connectivity index (χ2n) is 3.70. The first-order valence-corrected chi connectivity index (χ1v) is 5.30. The van der Waals surface area contributed by atoms with Crippen LogP contribution in [0.15, 0.2) is 18.2 Å². The number of nitro groups is 1. The van der Waals surface area contributed by atoms with Crippen molar-refractivity contribution in [3.05, 3.63) is 33.9 Å². The van der Waals surface area contributed by atoms with E-state index in [2.05, 4.69) is 10.8 Å². The molecule has 0 saturated carbocycles. The van der Waals surface area contributed by atoms with E-state index >= 15 is 0 Å². The second kappa shape index (κ2) is 4.85. The molecular weight excluding hydrogens is 220 g/mol. The molecule has 5 heteroatoms. The summed E-state index contributed by atoms with van der Waals surface area (Å²) < 4.78 is 5.25. The van der Waals surface area contributed by atoms with Crippen molar-refractivity contribution >= 4 is 11.4 Å². The van der Waals surface area contributed by atoms with Gasteiger partial charge in [0.25, 0.3) is 5.69 Å². The molecule has 0 bridgehead atoms. The third-order valence-electron chi connectivity index (χ3n) is 2.71. The zero-order valence-corrected chi connectivity index (χ0v) is 9.26. The molecule has 0 aliphatic carbocycles. The summed E-state index contributed by atoms with van der Waals surface area (Å²) in [7, 11) is 0. The number of rotatable bonds is 2. The van der Waals surface area contributed by atoms with Crippen molar-refractivity contribution in [2.45, 2.75) is 0 Å². The standard InChI is InChI=1S/C12H12N2O3/c1-2-10-9-11(3-4-12(10)14(15)16)13-5-7-17-8-6-13/h1,3-4,9H,5-8H2. The Kier molecular flexibility index (Phi) is 3.26. The van der Waals surface area contributed by atoms with Gasteiger partial charge in [-0.3, -0.25) is 10.1 Å². The number of nitrogens with zero attached hydrogens (tertiary/aromatic N) is 2. The molecule has 2 rings (SSSR count). The molecule has 88 valence electrons. The van der Waals surface area contributed by atoms with Crippen molar-refractivity contribution in [3.63, 3.8) is 0 Å². The highest BCUT2D eigenvalue weighted by atomic mass is 16.6. The molecular formula is C12H12N2O3. The maximum Gasteiger partial charge on any atom is 0.285 e. The van der Waals surface area contributed by atoms with E-state index in [0.717, 1.165) is 18.8 Å². The monoisotopic (exact) mass is 232 g/mol. The van der Waals surface area contributed by atoms with E-state index < -0.39 is 4.92 Å². The van der Waals surface area contributed by atoms with Gasteiger partial charge in [-0.25, -0.2) is 0 Å². The van der Waals surface area contributed by atoms with Crippen LogP contribution in [-0.2, 0) is 4.74 Å². The van der Waals surface area contributed by atoms with E-state index in [-0.39, 0.29) is 5.69 Å². The molecule has 5 nitrogen and oxygen atoms in total. The highest BCUT2D eigenvalue weighted by molar-refractivity contribution is 5.60. The summed E-state index contributed by atoms with van der Waals surface area (Å²) in [4.78, 5) is 12.4. The number of morpholine rings is 1. The van der Waals surface area contributed by atoms with Crippen LogP contribution in [0.5, 0.6) is 0 Å². The van der Waals surface area contributed by atoms with E-state index in [9.17, 15) is 10.1 Å². The van der Waals surface area contributed by atoms with Crippen molar-refractivity contribution in [1.82, 2.24) is 0 Å². The predicted molar refractivity (Wildman–Crippen MR) is 64.1 cm³/mol. The Bertz CT molecular complexity index is 473. The summed E-state index contributed by atoms with van der Waals surface area (Å²) in [6.45, 7) is 2.90. The van der Waals surface area contributed by atoms with Gasteiger partial charge < -0.3 is 9.64 Å². The van der Waals surface area contributed by atoms with Gasteiger partial charge >= 0.3 is 0 Å². The van der Waals surface area contributed by atoms with Crippen LogP contribution in [0.1, 0.15) is 5.56 Å². The molecule has 1 aliphatic rings. The third kappa shape index (κ3) is 2.37. The molecule has 0 amide bonds. The Labute approximate surface area is 99.1 Å². The zero-order valence-electron chi connectivity index (χ0n) is 9.26. The minimum absolute atomic E-state index is 0.0236. The van der Waals surface area contributed by atoms with Crippen LogP contribution in [0.3, 0.4) is 0 Å². The first-order chi connectivity index (χ1) is 8.22. The normalized spacial score (nSPS) is 15.4. The van der Waals surface area contributed by atoms with E-state index in [1.165, 1.54) is 6.07 Å². The van der Waals surface area contributed by atoms with Crippen LogP contribution in [0.25, 0.3) is 0 Å². The molecule has 0 atom stereocenters. The smallest absolute Gasteiger partial charge is 0.285 e. The SMILES string of the molecule is C#Cc1cc(N2CCOCC2)ccc1[N+](=O)[O-]. The van der Waals surface area contributed by atoms with Gasteiger partial charge in [-0.2, -0.15) is 0 Å². The Morgan fingerprint density at radius 2 is 2.12 bits per heavy atom. The Morgan fingerprint density at radius 3 is 2.71 bits per heavy atom. The molecule has 1 aromatic carbocycles. The van der Waals surface area contributed by atoms with Crippen LogP contribution >= 0.6 is 0 Å². The lowest BCUT2D eigenvalue weighted by Gasteiger charge is -2.28. The Hall–Kier alpha value is -2.06. The summed E-state index contributed by atoms with van der Waals surface area (Å²) >= 11 is 0. The lowest BCUT2D eigenvalue weighted by Crippen LogP contribution is -2.36. The van der Waals surface area contributed by atoms with Gasteiger partial charge in [0.15, 0.2) is 0 Å². The lowest BCUT2D eigenvalue weighted by atomic mass is 10.1. The van der Waals surface area contributed by atoms with Gasteiger partial charge in [0.05, 0.1) is 18.1 Å². The molecule has 1 aromatic rings. The largest absolute Gasteiger partial charge is 0.378 e. The first kappa shape index (κ1) is 11.4. The second-order valence-corrected chi connectivity index (χ2v) is 3.70. The minimum Gasteiger partial charge on any atom is -0.378 e. The summed E-state index contributed by atoms with van der Waals surface area (Å²) in [6.07, 6.45) is 5.29. The van der Waals surface area contributed by atoms with Crippen LogP contribution in [0, 0.1) is 22.5 Å². The lowest BCUT2D eigenvalue weighted by molar-refractivity contribution is -0.385. The average molecular weight is 232 g/mol. The van der Waals surface area contributed by atoms with Gasteiger partial charge in [-0.05, 0) is 12.1 Å². The summed E-state index contributed by atoms with van der Waals surface area (Å²) in [5.74, 6) is 2.36. The molecule has 1 saturated heterocycles. The molecule has 1 heterocycles. The highest BCUT2D eigenvalue weighted by Crippen LogP contribution is 2.24. The van der Waals surface area contributed by atoms with Crippen molar-refractivity contribution in [3.8, 4) is 12.3 Å². The van der Waals surface area contributed by atoms with Crippen LogP contribution in [0.2, 0.25) is 0 Å². The van der Waals surface area contributed by atoms with Gasteiger partial charge in [0, 0.05) is 24.8 Å². The number of anilines is 1. The maximum absolute atomic E-state index is 10.7. The average Bonchev–Trinajstić information content (AvgIpc) is 2.39. The Balaban J connectivity index is 2.31. The van der Waals surface area contributed by atoms with Crippen LogP contribution in [0.4, 0.5) is 11.4 Å².